The van der Waals surface area contributed by atoms with E-state index in [1.54, 1.807) is 0 Å². The fourth-order valence-corrected chi connectivity index (χ4v) is 2.31. The topological polar surface area (TPSA) is 43.7 Å². The van der Waals surface area contributed by atoms with Gasteiger partial charge in [0.2, 0.25) is 0 Å². The molecule has 0 aliphatic heterocycles. The first-order valence-corrected chi connectivity index (χ1v) is 6.29. The van der Waals surface area contributed by atoms with Crippen molar-refractivity contribution in [3.63, 3.8) is 0 Å². The molecule has 0 spiro atoms. The van der Waals surface area contributed by atoms with Gasteiger partial charge in [-0.15, -0.1) is 0 Å². The Bertz CT molecular complexity index is 282. The average Bonchev–Trinajstić information content (AvgIpc) is 2.40. The summed E-state index contributed by atoms with van der Waals surface area (Å²) in [6, 6.07) is 10.2. The van der Waals surface area contributed by atoms with Crippen molar-refractivity contribution in [1.29, 1.82) is 0 Å². The van der Waals surface area contributed by atoms with Gasteiger partial charge in [0.15, 0.2) is 0 Å². The zero-order valence-corrected chi connectivity index (χ0v) is 10.7. The first kappa shape index (κ1) is 14.2. The minimum atomic E-state index is -0.128. The second-order valence-electron chi connectivity index (χ2n) is 4.20. The maximum atomic E-state index is 9.41. The van der Waals surface area contributed by atoms with Crippen molar-refractivity contribution in [3.05, 3.63) is 35.9 Å². The van der Waals surface area contributed by atoms with Gasteiger partial charge in [0.25, 0.3) is 0 Å². The minimum absolute atomic E-state index is 0.00651. The van der Waals surface area contributed by atoms with Crippen molar-refractivity contribution in [1.82, 2.24) is 4.90 Å². The van der Waals surface area contributed by atoms with E-state index >= 15 is 0 Å². The van der Waals surface area contributed by atoms with Crippen molar-refractivity contribution in [2.45, 2.75) is 19.9 Å². The highest BCUT2D eigenvalue weighted by atomic mass is 16.3. The van der Waals surface area contributed by atoms with Crippen molar-refractivity contribution in [2.24, 2.45) is 5.92 Å². The molecule has 0 aliphatic carbocycles. The molecule has 1 aromatic carbocycles. The first-order valence-electron chi connectivity index (χ1n) is 6.29. The molecule has 2 N–H and O–H groups in total. The number of hydrogen-bond donors (Lipinski definition) is 2. The third-order valence-corrected chi connectivity index (χ3v) is 3.26. The van der Waals surface area contributed by atoms with Gasteiger partial charge in [-0.2, -0.15) is 0 Å². The summed E-state index contributed by atoms with van der Waals surface area (Å²) in [5, 5.41) is 18.8. The van der Waals surface area contributed by atoms with E-state index in [2.05, 4.69) is 30.9 Å². The van der Waals surface area contributed by atoms with Gasteiger partial charge in [0, 0.05) is 25.2 Å². The minimum Gasteiger partial charge on any atom is -0.396 e. The molecule has 3 nitrogen and oxygen atoms in total. The highest BCUT2D eigenvalue weighted by Crippen LogP contribution is 2.28. The van der Waals surface area contributed by atoms with Crippen molar-refractivity contribution < 1.29 is 10.2 Å². The van der Waals surface area contributed by atoms with Crippen LogP contribution in [-0.2, 0) is 0 Å². The summed E-state index contributed by atoms with van der Waals surface area (Å²) in [7, 11) is 0. The van der Waals surface area contributed by atoms with Gasteiger partial charge in [0.05, 0.1) is 0 Å². The molecule has 0 aliphatic rings. The lowest BCUT2D eigenvalue weighted by Crippen LogP contribution is -2.36. The monoisotopic (exact) mass is 237 g/mol. The average molecular weight is 237 g/mol. The maximum absolute atomic E-state index is 9.41. The van der Waals surface area contributed by atoms with E-state index in [-0.39, 0.29) is 25.2 Å². The van der Waals surface area contributed by atoms with Crippen LogP contribution in [0.3, 0.4) is 0 Å². The number of rotatable bonds is 7. The second kappa shape index (κ2) is 7.43. The van der Waals surface area contributed by atoms with Crippen molar-refractivity contribution >= 4 is 0 Å². The molecule has 1 rings (SSSR count). The quantitative estimate of drug-likeness (QED) is 0.758. The van der Waals surface area contributed by atoms with E-state index in [9.17, 15) is 10.2 Å². The van der Waals surface area contributed by atoms with Gasteiger partial charge < -0.3 is 10.2 Å². The van der Waals surface area contributed by atoms with Gasteiger partial charge >= 0.3 is 0 Å². The summed E-state index contributed by atoms with van der Waals surface area (Å²) < 4.78 is 0. The van der Waals surface area contributed by atoms with Crippen LogP contribution in [0.25, 0.3) is 0 Å². The Hall–Kier alpha value is -0.900. The lowest BCUT2D eigenvalue weighted by atomic mass is 9.92. The Morgan fingerprint density at radius 2 is 1.53 bits per heavy atom. The van der Waals surface area contributed by atoms with E-state index in [1.165, 1.54) is 0 Å². The lowest BCUT2D eigenvalue weighted by Gasteiger charge is -2.34. The summed E-state index contributed by atoms with van der Waals surface area (Å²) >= 11 is 0. The number of hydrogen-bond acceptors (Lipinski definition) is 3. The largest absolute Gasteiger partial charge is 0.396 e. The molecule has 0 aromatic heterocycles. The van der Waals surface area contributed by atoms with Crippen LogP contribution in [0, 0.1) is 5.92 Å². The zero-order valence-electron chi connectivity index (χ0n) is 10.7. The Kier molecular flexibility index (Phi) is 6.19. The fourth-order valence-electron chi connectivity index (χ4n) is 2.31. The van der Waals surface area contributed by atoms with Crippen molar-refractivity contribution in [2.75, 3.05) is 26.3 Å². The van der Waals surface area contributed by atoms with Crippen molar-refractivity contribution in [3.8, 4) is 0 Å². The molecule has 0 bridgehead atoms. The molecule has 0 heterocycles. The molecular formula is C14H23NO2. The molecule has 1 unspecified atom stereocenters. The molecule has 1 atom stereocenters. The highest BCUT2D eigenvalue weighted by Gasteiger charge is 2.26. The molecule has 0 radical (unpaired) electrons. The van der Waals surface area contributed by atoms with Crippen LogP contribution in [0.2, 0.25) is 0 Å². The molecular weight excluding hydrogens is 214 g/mol. The molecule has 17 heavy (non-hydrogen) atoms. The smallest absolute Gasteiger partial charge is 0.0499 e. The summed E-state index contributed by atoms with van der Waals surface area (Å²) in [6.45, 7) is 6.04. The van der Waals surface area contributed by atoms with Crippen LogP contribution in [0.15, 0.2) is 30.3 Å². The Balaban J connectivity index is 3.01. The van der Waals surface area contributed by atoms with E-state index in [0.717, 1.165) is 18.7 Å². The highest BCUT2D eigenvalue weighted by molar-refractivity contribution is 5.20. The van der Waals surface area contributed by atoms with E-state index < -0.39 is 0 Å². The zero-order chi connectivity index (χ0) is 12.7. The predicted octanol–water partition coefficient (Wildman–Crippen LogP) is 1.67. The standard InChI is InChI=1S/C14H23NO2/c1-3-15(4-2)14(13(10-16)11-17)12-8-6-5-7-9-12/h5-9,13-14,16-17H,3-4,10-11H2,1-2H3. The van der Waals surface area contributed by atoms with Crippen LogP contribution in [0.5, 0.6) is 0 Å². The van der Waals surface area contributed by atoms with Crippen LogP contribution >= 0.6 is 0 Å². The molecule has 0 fully saturated rings. The molecule has 3 heteroatoms. The van der Waals surface area contributed by atoms with Gasteiger partial charge in [0.1, 0.15) is 0 Å². The summed E-state index contributed by atoms with van der Waals surface area (Å²) in [4.78, 5) is 2.27. The van der Waals surface area contributed by atoms with Gasteiger partial charge in [-0.25, -0.2) is 0 Å². The third kappa shape index (κ3) is 3.53. The fraction of sp³-hybridized carbons (Fsp3) is 0.571. The predicted molar refractivity (Wildman–Crippen MR) is 69.8 cm³/mol. The van der Waals surface area contributed by atoms with Gasteiger partial charge in [-0.3, -0.25) is 4.90 Å². The third-order valence-electron chi connectivity index (χ3n) is 3.26. The Morgan fingerprint density at radius 1 is 1.00 bits per heavy atom. The van der Waals surface area contributed by atoms with Crippen LogP contribution in [-0.4, -0.2) is 41.4 Å². The van der Waals surface area contributed by atoms with Gasteiger partial charge in [-0.05, 0) is 18.7 Å². The lowest BCUT2D eigenvalue weighted by molar-refractivity contribution is 0.0618. The van der Waals surface area contributed by atoms with E-state index in [4.69, 9.17) is 0 Å². The number of aliphatic hydroxyl groups is 2. The summed E-state index contributed by atoms with van der Waals surface area (Å²) in [5.74, 6) is -0.128. The van der Waals surface area contributed by atoms with Crippen LogP contribution in [0.1, 0.15) is 25.5 Å². The van der Waals surface area contributed by atoms with Gasteiger partial charge in [-0.1, -0.05) is 44.2 Å². The molecule has 0 saturated heterocycles. The Morgan fingerprint density at radius 3 is 1.94 bits per heavy atom. The number of aliphatic hydroxyl groups excluding tert-OH is 2. The summed E-state index contributed by atoms with van der Waals surface area (Å²) in [6.07, 6.45) is 0. The normalized spacial score (nSPS) is 13.3. The SMILES string of the molecule is CCN(CC)C(c1ccccc1)C(CO)CO. The van der Waals surface area contributed by atoms with E-state index in [1.807, 2.05) is 18.2 Å². The molecule has 0 saturated carbocycles. The maximum Gasteiger partial charge on any atom is 0.0499 e. The summed E-state index contributed by atoms with van der Waals surface area (Å²) in [5.41, 5.74) is 1.16. The first-order chi connectivity index (χ1) is 8.28. The molecule has 96 valence electrons. The molecule has 0 amide bonds. The number of nitrogens with zero attached hydrogens (tertiary/aromatic N) is 1. The van der Waals surface area contributed by atoms with Crippen LogP contribution < -0.4 is 0 Å². The number of benzene rings is 1. The second-order valence-corrected chi connectivity index (χ2v) is 4.20. The van der Waals surface area contributed by atoms with Crippen LogP contribution in [0.4, 0.5) is 0 Å². The van der Waals surface area contributed by atoms with E-state index in [0.29, 0.717) is 0 Å². The Labute approximate surface area is 104 Å². The molecule has 1 aromatic rings.